The van der Waals surface area contributed by atoms with Crippen LogP contribution in [0.4, 0.5) is 10.6 Å². The molecule has 0 unspecified atom stereocenters. The van der Waals surface area contributed by atoms with E-state index in [2.05, 4.69) is 56.9 Å². The summed E-state index contributed by atoms with van der Waals surface area (Å²) in [6, 6.07) is 12.8. The Hall–Kier alpha value is -4.62. The number of ether oxygens (including phenoxy) is 1. The third-order valence-electron chi connectivity index (χ3n) is 8.27. The van der Waals surface area contributed by atoms with Crippen LogP contribution in [0.3, 0.4) is 0 Å². The number of amides is 3. The number of rotatable bonds is 10. The second-order valence-electron chi connectivity index (χ2n) is 14.3. The summed E-state index contributed by atoms with van der Waals surface area (Å²) < 4.78 is 8.51. The Morgan fingerprint density at radius 1 is 0.979 bits per heavy atom. The molecule has 0 saturated carbocycles. The molecular formula is C35H47N9O4. The highest BCUT2D eigenvalue weighted by Crippen LogP contribution is 2.39. The van der Waals surface area contributed by atoms with Crippen LogP contribution in [0.1, 0.15) is 99.8 Å². The number of anilines is 1. The van der Waals surface area contributed by atoms with Crippen molar-refractivity contribution in [1.82, 2.24) is 40.1 Å². The lowest BCUT2D eigenvalue weighted by Crippen LogP contribution is -2.37. The SMILES string of the molecule is CN(CCO)CCNC(=O)c1nc(NC(=O)N[C@H]2CC[C@@H](Oc3ccc4nnc(C(C)(C)C)n4c3)c3ccccc32)cc(C(C)(C)C)n1. The Bertz CT molecular complexity index is 1760. The number of aromatic nitrogens is 5. The molecule has 4 aromatic rings. The summed E-state index contributed by atoms with van der Waals surface area (Å²) in [5.74, 6) is 1.35. The predicted octanol–water partition coefficient (Wildman–Crippen LogP) is 4.54. The van der Waals surface area contributed by atoms with Crippen molar-refractivity contribution in [3.05, 3.63) is 77.1 Å². The summed E-state index contributed by atoms with van der Waals surface area (Å²) in [4.78, 5) is 37.1. The number of likely N-dealkylation sites (N-methyl/N-ethyl adjacent to an activating group) is 1. The zero-order chi connectivity index (χ0) is 34.6. The van der Waals surface area contributed by atoms with Gasteiger partial charge in [0.2, 0.25) is 5.82 Å². The van der Waals surface area contributed by atoms with Crippen molar-refractivity contribution in [3.63, 3.8) is 0 Å². The predicted molar refractivity (Wildman–Crippen MR) is 183 cm³/mol. The highest BCUT2D eigenvalue weighted by atomic mass is 16.5. The van der Waals surface area contributed by atoms with Crippen molar-refractivity contribution in [2.24, 2.45) is 0 Å². The van der Waals surface area contributed by atoms with Crippen LogP contribution >= 0.6 is 0 Å². The maximum atomic E-state index is 13.4. The van der Waals surface area contributed by atoms with E-state index in [1.54, 1.807) is 6.07 Å². The minimum atomic E-state index is -0.438. The molecule has 3 amide bonds. The fourth-order valence-corrected chi connectivity index (χ4v) is 5.67. The van der Waals surface area contributed by atoms with E-state index in [1.807, 2.05) is 79.7 Å². The lowest BCUT2D eigenvalue weighted by atomic mass is 9.85. The molecule has 13 heteroatoms. The maximum absolute atomic E-state index is 13.4. The monoisotopic (exact) mass is 657 g/mol. The van der Waals surface area contributed by atoms with Crippen molar-refractivity contribution < 1.29 is 19.4 Å². The van der Waals surface area contributed by atoms with E-state index in [1.165, 1.54) is 0 Å². The molecule has 0 saturated heterocycles. The standard InChI is InChI=1S/C35H47N9O4/c1-34(2,3)27-20-28(39-30(38-27)31(46)36-16-17-43(7)18-19-45)40-33(47)37-25-13-14-26(24-11-9-8-10-23(24)25)48-22-12-15-29-41-42-32(35(4,5)6)44(29)21-22/h8-12,15,20-21,25-26,45H,13-14,16-19H2,1-7H3,(H,36,46)(H2,37,38,39,40,47)/t25-,26+/m0/s1. The molecule has 1 aliphatic rings. The summed E-state index contributed by atoms with van der Waals surface area (Å²) in [5.41, 5.74) is 2.80. The second-order valence-corrected chi connectivity index (χ2v) is 14.3. The molecule has 5 rings (SSSR count). The average Bonchev–Trinajstić information content (AvgIpc) is 3.46. The molecule has 0 fully saturated rings. The number of carbonyl (C=O) groups is 2. The maximum Gasteiger partial charge on any atom is 0.320 e. The Morgan fingerprint density at radius 2 is 1.73 bits per heavy atom. The van der Waals surface area contributed by atoms with E-state index in [0.29, 0.717) is 43.9 Å². The Kier molecular flexibility index (Phi) is 10.3. The van der Waals surface area contributed by atoms with Crippen LogP contribution in [0.25, 0.3) is 5.65 Å². The van der Waals surface area contributed by atoms with Crippen molar-refractivity contribution in [2.75, 3.05) is 38.6 Å². The van der Waals surface area contributed by atoms with Crippen molar-refractivity contribution in [2.45, 2.75) is 77.4 Å². The second kappa shape index (κ2) is 14.2. The summed E-state index contributed by atoms with van der Waals surface area (Å²) in [6.45, 7) is 13.7. The van der Waals surface area contributed by atoms with Gasteiger partial charge in [0.25, 0.3) is 5.91 Å². The van der Waals surface area contributed by atoms with Crippen LogP contribution in [0.2, 0.25) is 0 Å². The lowest BCUT2D eigenvalue weighted by Gasteiger charge is -2.32. The van der Waals surface area contributed by atoms with Crippen molar-refractivity contribution in [1.29, 1.82) is 0 Å². The first-order chi connectivity index (χ1) is 22.7. The van der Waals surface area contributed by atoms with Gasteiger partial charge >= 0.3 is 6.03 Å². The molecule has 0 bridgehead atoms. The van der Waals surface area contributed by atoms with Gasteiger partial charge in [-0.15, -0.1) is 10.2 Å². The Balaban J connectivity index is 1.29. The molecule has 1 aliphatic carbocycles. The molecule has 0 aliphatic heterocycles. The third-order valence-corrected chi connectivity index (χ3v) is 8.27. The number of pyridine rings is 1. The zero-order valence-corrected chi connectivity index (χ0v) is 28.9. The van der Waals surface area contributed by atoms with Gasteiger partial charge in [0, 0.05) is 36.5 Å². The van der Waals surface area contributed by atoms with E-state index < -0.39 is 17.4 Å². The van der Waals surface area contributed by atoms with Crippen LogP contribution in [-0.4, -0.2) is 79.8 Å². The lowest BCUT2D eigenvalue weighted by molar-refractivity contribution is 0.0938. The summed E-state index contributed by atoms with van der Waals surface area (Å²) >= 11 is 0. The van der Waals surface area contributed by atoms with E-state index >= 15 is 0 Å². The molecule has 3 aromatic heterocycles. The van der Waals surface area contributed by atoms with Crippen LogP contribution in [0.5, 0.6) is 5.75 Å². The average molecular weight is 658 g/mol. The number of nitrogens with zero attached hydrogens (tertiary/aromatic N) is 6. The minimum absolute atomic E-state index is 0.0233. The fourth-order valence-electron chi connectivity index (χ4n) is 5.67. The molecule has 2 atom stereocenters. The van der Waals surface area contributed by atoms with Gasteiger partial charge in [-0.25, -0.2) is 14.8 Å². The Labute approximate surface area is 281 Å². The van der Waals surface area contributed by atoms with Crippen LogP contribution < -0.4 is 20.7 Å². The topological polar surface area (TPSA) is 159 Å². The Morgan fingerprint density at radius 3 is 2.44 bits per heavy atom. The molecule has 13 nitrogen and oxygen atoms in total. The molecule has 48 heavy (non-hydrogen) atoms. The number of aliphatic hydroxyl groups is 1. The first-order valence-corrected chi connectivity index (χ1v) is 16.4. The van der Waals surface area contributed by atoms with Gasteiger partial charge in [0.1, 0.15) is 23.5 Å². The zero-order valence-electron chi connectivity index (χ0n) is 28.9. The minimum Gasteiger partial charge on any atom is -0.484 e. The normalized spacial score (nSPS) is 16.4. The van der Waals surface area contributed by atoms with E-state index in [4.69, 9.17) is 9.84 Å². The smallest absolute Gasteiger partial charge is 0.320 e. The number of benzene rings is 1. The van der Waals surface area contributed by atoms with Gasteiger partial charge in [-0.3, -0.25) is 14.5 Å². The summed E-state index contributed by atoms with van der Waals surface area (Å²) in [7, 11) is 1.86. The third kappa shape index (κ3) is 8.26. The van der Waals surface area contributed by atoms with Crippen molar-refractivity contribution in [3.8, 4) is 5.75 Å². The molecule has 3 heterocycles. The molecule has 256 valence electrons. The highest BCUT2D eigenvalue weighted by Gasteiger charge is 2.30. The van der Waals surface area contributed by atoms with Crippen molar-refractivity contribution >= 4 is 23.4 Å². The number of nitrogens with one attached hydrogen (secondary N) is 3. The fraction of sp³-hybridized carbons (Fsp3) is 0.486. The van der Waals surface area contributed by atoms with Crippen LogP contribution in [0.15, 0.2) is 48.7 Å². The van der Waals surface area contributed by atoms with Gasteiger partial charge < -0.3 is 25.4 Å². The quantitative estimate of drug-likeness (QED) is 0.192. The van der Waals surface area contributed by atoms with Crippen LogP contribution in [-0.2, 0) is 10.8 Å². The summed E-state index contributed by atoms with van der Waals surface area (Å²) in [6.07, 6.45) is 3.09. The number of hydrogen-bond acceptors (Lipinski definition) is 9. The van der Waals surface area contributed by atoms with Gasteiger partial charge in [0.05, 0.1) is 24.5 Å². The molecule has 0 spiro atoms. The molecule has 1 aromatic carbocycles. The number of carbonyl (C=O) groups excluding carboxylic acids is 2. The first-order valence-electron chi connectivity index (χ1n) is 16.4. The van der Waals surface area contributed by atoms with Gasteiger partial charge in [-0.1, -0.05) is 65.8 Å². The van der Waals surface area contributed by atoms with Gasteiger partial charge in [0.15, 0.2) is 5.65 Å². The number of fused-ring (bicyclic) bond motifs is 2. The first kappa shape index (κ1) is 34.7. The number of urea groups is 1. The van der Waals surface area contributed by atoms with E-state index in [9.17, 15) is 9.59 Å². The largest absolute Gasteiger partial charge is 0.484 e. The van der Waals surface area contributed by atoms with E-state index in [0.717, 1.165) is 22.6 Å². The number of hydrogen-bond donors (Lipinski definition) is 4. The molecule has 0 radical (unpaired) electrons. The van der Waals surface area contributed by atoms with Gasteiger partial charge in [-0.05, 0) is 43.1 Å². The van der Waals surface area contributed by atoms with Gasteiger partial charge in [-0.2, -0.15) is 0 Å². The molecule has 4 N–H and O–H groups in total. The molecular weight excluding hydrogens is 610 g/mol. The van der Waals surface area contributed by atoms with E-state index in [-0.39, 0.29) is 35.8 Å². The number of aliphatic hydroxyl groups excluding tert-OH is 1. The summed E-state index contributed by atoms with van der Waals surface area (Å²) in [5, 5.41) is 26.6. The highest BCUT2D eigenvalue weighted by molar-refractivity contribution is 5.92. The van der Waals surface area contributed by atoms with Crippen LogP contribution in [0, 0.1) is 0 Å².